The fraction of sp³-hybridized carbons (Fsp3) is 0.278. The first-order chi connectivity index (χ1) is 12.3. The molecule has 0 aromatic heterocycles. The molecule has 0 spiro atoms. The van der Waals surface area contributed by atoms with Crippen LogP contribution in [-0.2, 0) is 11.3 Å². The number of amides is 1. The zero-order valence-corrected chi connectivity index (χ0v) is 14.8. The fourth-order valence-electron chi connectivity index (χ4n) is 2.52. The number of nitro benzene ring substituents is 1. The van der Waals surface area contributed by atoms with Crippen molar-refractivity contribution in [3.05, 3.63) is 63.5 Å². The molecule has 1 amide bonds. The average Bonchev–Trinajstić information content (AvgIpc) is 2.58. The Balaban J connectivity index is 2.05. The number of nitrogens with one attached hydrogen (secondary N) is 1. The number of methoxy groups -OCH3 is 1. The highest BCUT2D eigenvalue weighted by Gasteiger charge is 2.18. The van der Waals surface area contributed by atoms with Gasteiger partial charge in [0.2, 0.25) is 5.91 Å². The largest absolute Gasteiger partial charge is 0.490 e. The first-order valence-corrected chi connectivity index (χ1v) is 7.86. The molecule has 0 aliphatic heterocycles. The van der Waals surface area contributed by atoms with Crippen LogP contribution in [0.15, 0.2) is 36.4 Å². The molecule has 0 saturated heterocycles. The predicted molar refractivity (Wildman–Crippen MR) is 95.7 cm³/mol. The van der Waals surface area contributed by atoms with Crippen LogP contribution < -0.4 is 10.1 Å². The van der Waals surface area contributed by atoms with Gasteiger partial charge in [-0.05, 0) is 25.6 Å². The minimum Gasteiger partial charge on any atom is -0.490 e. The molecule has 2 rings (SSSR count). The smallest absolute Gasteiger partial charge is 0.311 e. The van der Waals surface area contributed by atoms with Crippen molar-refractivity contribution in [3.63, 3.8) is 0 Å². The van der Waals surface area contributed by atoms with Crippen LogP contribution in [0, 0.1) is 22.9 Å². The Morgan fingerprint density at radius 2 is 2.04 bits per heavy atom. The van der Waals surface area contributed by atoms with Crippen molar-refractivity contribution in [1.82, 2.24) is 4.90 Å². The molecule has 0 saturated carbocycles. The highest BCUT2D eigenvalue weighted by molar-refractivity contribution is 5.93. The minimum atomic E-state index is -0.542. The number of likely N-dealkylation sites (N-methyl/N-ethyl adjacent to an activating group) is 1. The number of halogens is 1. The topological polar surface area (TPSA) is 84.7 Å². The van der Waals surface area contributed by atoms with Gasteiger partial charge in [-0.2, -0.15) is 0 Å². The van der Waals surface area contributed by atoms with E-state index >= 15 is 0 Å². The fourth-order valence-corrected chi connectivity index (χ4v) is 2.52. The molecule has 0 fully saturated rings. The van der Waals surface area contributed by atoms with Gasteiger partial charge in [0, 0.05) is 29.9 Å². The van der Waals surface area contributed by atoms with Crippen molar-refractivity contribution in [2.45, 2.75) is 13.5 Å². The maximum absolute atomic E-state index is 13.7. The Kier molecular flexibility index (Phi) is 6.24. The molecular formula is C18H20FN3O4. The normalized spacial score (nSPS) is 10.7. The number of aryl methyl sites for hydroxylation is 1. The Hall–Kier alpha value is -3.00. The Bertz CT molecular complexity index is 826. The summed E-state index contributed by atoms with van der Waals surface area (Å²) in [5.41, 5.74) is 1.30. The lowest BCUT2D eigenvalue weighted by molar-refractivity contribution is -0.385. The highest BCUT2D eigenvalue weighted by atomic mass is 19.1. The molecule has 8 heteroatoms. The summed E-state index contributed by atoms with van der Waals surface area (Å²) in [7, 11) is 3.03. The average molecular weight is 361 g/mol. The Morgan fingerprint density at radius 1 is 1.35 bits per heavy atom. The van der Waals surface area contributed by atoms with Crippen LogP contribution in [0.4, 0.5) is 15.8 Å². The first kappa shape index (κ1) is 19.3. The molecule has 0 heterocycles. The van der Waals surface area contributed by atoms with Crippen LogP contribution >= 0.6 is 0 Å². The number of nitro groups is 1. The van der Waals surface area contributed by atoms with Crippen LogP contribution in [-0.4, -0.2) is 36.4 Å². The molecule has 2 aromatic carbocycles. The number of hydrogen-bond donors (Lipinski definition) is 1. The molecule has 0 aliphatic rings. The van der Waals surface area contributed by atoms with Crippen molar-refractivity contribution in [3.8, 4) is 5.75 Å². The van der Waals surface area contributed by atoms with E-state index in [2.05, 4.69) is 5.32 Å². The van der Waals surface area contributed by atoms with Crippen LogP contribution in [0.5, 0.6) is 5.75 Å². The van der Waals surface area contributed by atoms with E-state index in [1.807, 2.05) is 0 Å². The molecule has 0 unspecified atom stereocenters. The summed E-state index contributed by atoms with van der Waals surface area (Å²) < 4.78 is 18.7. The number of carbonyl (C=O) groups is 1. The van der Waals surface area contributed by atoms with Gasteiger partial charge in [0.15, 0.2) is 5.75 Å². The van der Waals surface area contributed by atoms with Gasteiger partial charge >= 0.3 is 5.69 Å². The van der Waals surface area contributed by atoms with E-state index in [1.165, 1.54) is 25.3 Å². The number of carbonyl (C=O) groups excluding carboxylic acids is 1. The summed E-state index contributed by atoms with van der Waals surface area (Å²) in [5, 5.41) is 13.7. The maximum atomic E-state index is 13.7. The lowest BCUT2D eigenvalue weighted by atomic mass is 10.1. The molecule has 7 nitrogen and oxygen atoms in total. The first-order valence-electron chi connectivity index (χ1n) is 7.86. The molecule has 0 atom stereocenters. The number of anilines is 1. The third kappa shape index (κ3) is 4.76. The molecule has 0 aliphatic carbocycles. The third-order valence-electron chi connectivity index (χ3n) is 3.81. The van der Waals surface area contributed by atoms with E-state index in [1.54, 1.807) is 37.1 Å². The van der Waals surface area contributed by atoms with Crippen molar-refractivity contribution < 1.29 is 18.8 Å². The molecule has 0 radical (unpaired) electrons. The van der Waals surface area contributed by atoms with Gasteiger partial charge in [-0.25, -0.2) is 4.39 Å². The summed E-state index contributed by atoms with van der Waals surface area (Å²) in [6.45, 7) is 1.97. The van der Waals surface area contributed by atoms with E-state index in [4.69, 9.17) is 4.74 Å². The number of ether oxygens (including phenoxy) is 1. The van der Waals surface area contributed by atoms with E-state index in [0.717, 1.165) is 0 Å². The molecular weight excluding hydrogens is 341 g/mol. The maximum Gasteiger partial charge on any atom is 0.311 e. The molecule has 1 N–H and O–H groups in total. The number of nitrogens with zero attached hydrogens (tertiary/aromatic N) is 2. The summed E-state index contributed by atoms with van der Waals surface area (Å²) in [5.74, 6) is -0.575. The SMILES string of the molecule is COc1cc(NC(=O)CN(C)Cc2ccccc2F)c(C)cc1[N+](=O)[O-]. The minimum absolute atomic E-state index is 0.0348. The predicted octanol–water partition coefficient (Wildman–Crippen LogP) is 3.12. The molecule has 0 bridgehead atoms. The zero-order chi connectivity index (χ0) is 19.3. The second kappa shape index (κ2) is 8.39. The van der Waals surface area contributed by atoms with Crippen molar-refractivity contribution in [2.75, 3.05) is 26.0 Å². The van der Waals surface area contributed by atoms with E-state index < -0.39 is 4.92 Å². The summed E-state index contributed by atoms with van der Waals surface area (Å²) >= 11 is 0. The third-order valence-corrected chi connectivity index (χ3v) is 3.81. The standard InChI is InChI=1S/C18H20FN3O4/c1-12-8-16(22(24)25)17(26-3)9-15(12)20-18(23)11-21(2)10-13-6-4-5-7-14(13)19/h4-9H,10-11H2,1-3H3,(H,20,23). The molecule has 26 heavy (non-hydrogen) atoms. The van der Waals surface area contributed by atoms with Crippen molar-refractivity contribution in [2.24, 2.45) is 0 Å². The second-order valence-electron chi connectivity index (χ2n) is 5.91. The summed E-state index contributed by atoms with van der Waals surface area (Å²) in [6.07, 6.45) is 0. The number of benzene rings is 2. The van der Waals surface area contributed by atoms with Gasteiger partial charge in [0.05, 0.1) is 18.6 Å². The quantitative estimate of drug-likeness (QED) is 0.605. The number of hydrogen-bond acceptors (Lipinski definition) is 5. The van der Waals surface area contributed by atoms with Gasteiger partial charge in [-0.15, -0.1) is 0 Å². The van der Waals surface area contributed by atoms with Crippen molar-refractivity contribution >= 4 is 17.3 Å². The van der Waals surface area contributed by atoms with Gasteiger partial charge in [-0.1, -0.05) is 18.2 Å². The Morgan fingerprint density at radius 3 is 2.65 bits per heavy atom. The van der Waals surface area contributed by atoms with E-state index in [-0.39, 0.29) is 36.3 Å². The lowest BCUT2D eigenvalue weighted by Crippen LogP contribution is -2.30. The van der Waals surface area contributed by atoms with Gasteiger partial charge in [0.25, 0.3) is 0 Å². The highest BCUT2D eigenvalue weighted by Crippen LogP contribution is 2.32. The monoisotopic (exact) mass is 361 g/mol. The molecule has 138 valence electrons. The van der Waals surface area contributed by atoms with Gasteiger partial charge < -0.3 is 10.1 Å². The summed E-state index contributed by atoms with van der Waals surface area (Å²) in [4.78, 5) is 24.4. The number of rotatable bonds is 7. The molecule has 2 aromatic rings. The van der Waals surface area contributed by atoms with Crippen LogP contribution in [0.1, 0.15) is 11.1 Å². The second-order valence-corrected chi connectivity index (χ2v) is 5.91. The van der Waals surface area contributed by atoms with E-state index in [9.17, 15) is 19.3 Å². The van der Waals surface area contributed by atoms with Gasteiger partial charge in [-0.3, -0.25) is 19.8 Å². The van der Waals surface area contributed by atoms with Crippen LogP contribution in [0.3, 0.4) is 0 Å². The van der Waals surface area contributed by atoms with Crippen LogP contribution in [0.2, 0.25) is 0 Å². The Labute approximate surface area is 150 Å². The summed E-state index contributed by atoms with van der Waals surface area (Å²) in [6, 6.07) is 9.14. The zero-order valence-electron chi connectivity index (χ0n) is 14.8. The lowest BCUT2D eigenvalue weighted by Gasteiger charge is -2.17. The van der Waals surface area contributed by atoms with Crippen molar-refractivity contribution in [1.29, 1.82) is 0 Å². The van der Waals surface area contributed by atoms with Crippen LogP contribution in [0.25, 0.3) is 0 Å². The van der Waals surface area contributed by atoms with E-state index in [0.29, 0.717) is 16.8 Å². The van der Waals surface area contributed by atoms with Gasteiger partial charge in [0.1, 0.15) is 5.82 Å².